The van der Waals surface area contributed by atoms with Gasteiger partial charge in [0, 0.05) is 45.8 Å². The third-order valence-corrected chi connectivity index (χ3v) is 7.52. The molecule has 0 aromatic heterocycles. The molecule has 2 aromatic carbocycles. The van der Waals surface area contributed by atoms with Crippen LogP contribution < -0.4 is 13.8 Å². The highest BCUT2D eigenvalue weighted by molar-refractivity contribution is 7.92. The lowest BCUT2D eigenvalue weighted by atomic mass is 10.1. The Morgan fingerprint density at radius 3 is 2.16 bits per heavy atom. The summed E-state index contributed by atoms with van der Waals surface area (Å²) >= 11 is 0. The zero-order valence-corrected chi connectivity index (χ0v) is 19.9. The molecular formula is C23H31N3O5S. The van der Waals surface area contributed by atoms with Gasteiger partial charge in [-0.3, -0.25) is 14.0 Å². The summed E-state index contributed by atoms with van der Waals surface area (Å²) in [5.41, 5.74) is 1.79. The van der Waals surface area contributed by atoms with Gasteiger partial charge >= 0.3 is 0 Å². The summed E-state index contributed by atoms with van der Waals surface area (Å²) in [6, 6.07) is 13.3. The Morgan fingerprint density at radius 2 is 1.59 bits per heavy atom. The van der Waals surface area contributed by atoms with Crippen LogP contribution in [0.25, 0.3) is 0 Å². The highest BCUT2D eigenvalue weighted by atomic mass is 32.2. The predicted octanol–water partition coefficient (Wildman–Crippen LogP) is 2.45. The molecule has 1 amide bonds. The summed E-state index contributed by atoms with van der Waals surface area (Å²) in [7, 11) is 0.847. The van der Waals surface area contributed by atoms with Gasteiger partial charge in [0.15, 0.2) is 11.5 Å². The van der Waals surface area contributed by atoms with E-state index < -0.39 is 10.0 Å². The van der Waals surface area contributed by atoms with Crippen molar-refractivity contribution >= 4 is 21.6 Å². The van der Waals surface area contributed by atoms with Gasteiger partial charge in [-0.2, -0.15) is 0 Å². The normalized spacial score (nSPS) is 14.8. The molecule has 0 radical (unpaired) electrons. The van der Waals surface area contributed by atoms with E-state index >= 15 is 0 Å². The molecule has 0 aliphatic carbocycles. The second kappa shape index (κ2) is 10.2. The highest BCUT2D eigenvalue weighted by Crippen LogP contribution is 2.36. The lowest BCUT2D eigenvalue weighted by Crippen LogP contribution is -2.48. The van der Waals surface area contributed by atoms with Gasteiger partial charge in [-0.25, -0.2) is 8.42 Å². The maximum absolute atomic E-state index is 13.5. The van der Waals surface area contributed by atoms with Gasteiger partial charge in [0.05, 0.1) is 31.2 Å². The minimum Gasteiger partial charge on any atom is -0.493 e. The number of nitrogens with zero attached hydrogens (tertiary/aromatic N) is 3. The van der Waals surface area contributed by atoms with E-state index in [1.807, 2.05) is 18.2 Å². The van der Waals surface area contributed by atoms with Crippen LogP contribution in [0, 0.1) is 0 Å². The standard InChI is InChI=1S/C23H31N3O5S/c1-5-32(28,29)24(2)20-16-22(31-4)21(30-3)15-19(20)23(27)26-13-11-25(12-14-26)17-18-9-7-6-8-10-18/h6-10,15-16H,5,11-14,17H2,1-4H3. The van der Waals surface area contributed by atoms with Crippen LogP contribution in [0.4, 0.5) is 5.69 Å². The number of sulfonamides is 1. The molecule has 174 valence electrons. The van der Waals surface area contributed by atoms with Gasteiger partial charge in [0.1, 0.15) is 0 Å². The molecule has 1 aliphatic rings. The molecule has 2 aromatic rings. The summed E-state index contributed by atoms with van der Waals surface area (Å²) < 4.78 is 37.0. The first-order valence-corrected chi connectivity index (χ1v) is 12.2. The molecule has 0 spiro atoms. The summed E-state index contributed by atoms with van der Waals surface area (Å²) in [6.45, 7) is 5.01. The van der Waals surface area contributed by atoms with Crippen LogP contribution in [0.15, 0.2) is 42.5 Å². The van der Waals surface area contributed by atoms with Crippen LogP contribution in [-0.4, -0.2) is 77.3 Å². The number of anilines is 1. The van der Waals surface area contributed by atoms with E-state index in [4.69, 9.17) is 9.47 Å². The minimum atomic E-state index is -3.57. The number of rotatable bonds is 8. The van der Waals surface area contributed by atoms with E-state index in [1.165, 1.54) is 26.8 Å². The molecule has 1 saturated heterocycles. The average Bonchev–Trinajstić information content (AvgIpc) is 2.83. The van der Waals surface area contributed by atoms with E-state index in [-0.39, 0.29) is 22.9 Å². The van der Waals surface area contributed by atoms with E-state index in [0.29, 0.717) is 24.6 Å². The lowest BCUT2D eigenvalue weighted by molar-refractivity contribution is 0.0629. The molecular weight excluding hydrogens is 430 g/mol. The van der Waals surface area contributed by atoms with Crippen LogP contribution in [0.2, 0.25) is 0 Å². The van der Waals surface area contributed by atoms with E-state index in [0.717, 1.165) is 23.9 Å². The Kier molecular flexibility index (Phi) is 7.63. The summed E-state index contributed by atoms with van der Waals surface area (Å²) in [6.07, 6.45) is 0. The number of amides is 1. The zero-order chi connectivity index (χ0) is 23.3. The molecule has 8 nitrogen and oxygen atoms in total. The Morgan fingerprint density at radius 1 is 1.00 bits per heavy atom. The fraction of sp³-hybridized carbons (Fsp3) is 0.435. The van der Waals surface area contributed by atoms with E-state index in [1.54, 1.807) is 24.0 Å². The summed E-state index contributed by atoms with van der Waals surface area (Å²) in [4.78, 5) is 17.5. The molecule has 0 N–H and O–H groups in total. The van der Waals surface area contributed by atoms with Crippen LogP contribution >= 0.6 is 0 Å². The second-order valence-electron chi connectivity index (χ2n) is 7.65. The summed E-state index contributed by atoms with van der Waals surface area (Å²) in [5.74, 6) is 0.442. The number of hydrogen-bond acceptors (Lipinski definition) is 6. The van der Waals surface area contributed by atoms with Gasteiger partial charge in [-0.15, -0.1) is 0 Å². The fourth-order valence-electron chi connectivity index (χ4n) is 3.76. The monoisotopic (exact) mass is 461 g/mol. The Balaban J connectivity index is 1.84. The molecule has 0 bridgehead atoms. The van der Waals surface area contributed by atoms with Crippen molar-refractivity contribution in [3.05, 3.63) is 53.6 Å². The molecule has 0 atom stereocenters. The minimum absolute atomic E-state index is 0.0797. The van der Waals surface area contributed by atoms with Gasteiger partial charge in [-0.05, 0) is 18.6 Å². The number of benzene rings is 2. The van der Waals surface area contributed by atoms with Crippen LogP contribution in [0.5, 0.6) is 11.5 Å². The van der Waals surface area contributed by atoms with Crippen molar-refractivity contribution in [2.75, 3.05) is 57.5 Å². The molecule has 1 aliphatic heterocycles. The van der Waals surface area contributed by atoms with Crippen molar-refractivity contribution in [2.45, 2.75) is 13.5 Å². The van der Waals surface area contributed by atoms with Gasteiger partial charge in [0.25, 0.3) is 5.91 Å². The SMILES string of the molecule is CCS(=O)(=O)N(C)c1cc(OC)c(OC)cc1C(=O)N1CCN(Cc2ccccc2)CC1. The first-order chi connectivity index (χ1) is 15.3. The topological polar surface area (TPSA) is 79.4 Å². The maximum atomic E-state index is 13.5. The average molecular weight is 462 g/mol. The Hall–Kier alpha value is -2.78. The number of piperazine rings is 1. The molecule has 9 heteroatoms. The fourth-order valence-corrected chi connectivity index (χ4v) is 4.60. The third-order valence-electron chi connectivity index (χ3n) is 5.76. The predicted molar refractivity (Wildman–Crippen MR) is 125 cm³/mol. The van der Waals surface area contributed by atoms with Gasteiger partial charge < -0.3 is 14.4 Å². The largest absolute Gasteiger partial charge is 0.493 e. The molecule has 1 fully saturated rings. The smallest absolute Gasteiger partial charge is 0.256 e. The van der Waals surface area contributed by atoms with Crippen molar-refractivity contribution < 1.29 is 22.7 Å². The van der Waals surface area contributed by atoms with Crippen molar-refractivity contribution in [3.63, 3.8) is 0 Å². The maximum Gasteiger partial charge on any atom is 0.256 e. The molecule has 3 rings (SSSR count). The molecule has 32 heavy (non-hydrogen) atoms. The Labute approximate surface area is 190 Å². The van der Waals surface area contributed by atoms with Crippen molar-refractivity contribution in [1.29, 1.82) is 0 Å². The van der Waals surface area contributed by atoms with Crippen molar-refractivity contribution in [1.82, 2.24) is 9.80 Å². The molecule has 0 unspecified atom stereocenters. The number of carbonyl (C=O) groups is 1. The number of hydrogen-bond donors (Lipinski definition) is 0. The quantitative estimate of drug-likeness (QED) is 0.601. The number of methoxy groups -OCH3 is 2. The van der Waals surface area contributed by atoms with Gasteiger partial charge in [0.2, 0.25) is 10.0 Å². The first kappa shape index (κ1) is 23.9. The van der Waals surface area contributed by atoms with Crippen LogP contribution in [-0.2, 0) is 16.6 Å². The first-order valence-electron chi connectivity index (χ1n) is 10.6. The zero-order valence-electron chi connectivity index (χ0n) is 19.1. The van der Waals surface area contributed by atoms with Crippen molar-refractivity contribution in [2.24, 2.45) is 0 Å². The molecule has 1 heterocycles. The second-order valence-corrected chi connectivity index (χ2v) is 9.94. The number of carbonyl (C=O) groups excluding carboxylic acids is 1. The molecule has 0 saturated carbocycles. The summed E-state index contributed by atoms with van der Waals surface area (Å²) in [5, 5.41) is 0. The van der Waals surface area contributed by atoms with E-state index in [9.17, 15) is 13.2 Å². The third kappa shape index (κ3) is 5.16. The van der Waals surface area contributed by atoms with Crippen LogP contribution in [0.3, 0.4) is 0 Å². The van der Waals surface area contributed by atoms with Crippen LogP contribution in [0.1, 0.15) is 22.8 Å². The highest BCUT2D eigenvalue weighted by Gasteiger charge is 2.29. The lowest BCUT2D eigenvalue weighted by Gasteiger charge is -2.35. The van der Waals surface area contributed by atoms with Gasteiger partial charge in [-0.1, -0.05) is 30.3 Å². The Bertz CT molecular complexity index is 1040. The number of ether oxygens (including phenoxy) is 2. The van der Waals surface area contributed by atoms with E-state index in [2.05, 4.69) is 17.0 Å². The van der Waals surface area contributed by atoms with Crippen molar-refractivity contribution in [3.8, 4) is 11.5 Å².